The average molecular weight is 367 g/mol. The standard InChI is InChI=1S/C22H25NO4/c1-16-19(13-23)20(25-14-17-9-5-3-6-10-17)21(22(24-2)27-16)26-15-18-11-7-4-8-12-18/h3-12,16,19-22H,14-15H2,1-2H3/t16-,19-,20+,21-,22+/m1/s1. The van der Waals surface area contributed by atoms with E-state index < -0.39 is 24.4 Å². The van der Waals surface area contributed by atoms with Crippen LogP contribution in [0.5, 0.6) is 0 Å². The molecule has 2 aromatic carbocycles. The third-order valence-corrected chi connectivity index (χ3v) is 4.75. The Hall–Kier alpha value is -2.23. The lowest BCUT2D eigenvalue weighted by molar-refractivity contribution is -0.289. The van der Waals surface area contributed by atoms with Gasteiger partial charge < -0.3 is 18.9 Å². The molecule has 0 spiro atoms. The predicted octanol–water partition coefficient (Wildman–Crippen LogP) is 3.69. The number of nitriles is 1. The fraction of sp³-hybridized carbons (Fsp3) is 0.409. The van der Waals surface area contributed by atoms with Crippen molar-refractivity contribution >= 4 is 0 Å². The maximum Gasteiger partial charge on any atom is 0.186 e. The van der Waals surface area contributed by atoms with Crippen LogP contribution in [0.25, 0.3) is 0 Å². The van der Waals surface area contributed by atoms with E-state index in [1.54, 1.807) is 7.11 Å². The second-order valence-electron chi connectivity index (χ2n) is 6.62. The van der Waals surface area contributed by atoms with Crippen LogP contribution in [-0.4, -0.2) is 31.7 Å². The lowest BCUT2D eigenvalue weighted by Gasteiger charge is -2.42. The molecule has 0 unspecified atom stereocenters. The number of methoxy groups -OCH3 is 1. The molecule has 5 atom stereocenters. The first-order valence-corrected chi connectivity index (χ1v) is 9.12. The molecular weight excluding hydrogens is 342 g/mol. The normalized spacial score (nSPS) is 27.8. The summed E-state index contributed by atoms with van der Waals surface area (Å²) in [5.74, 6) is -0.444. The van der Waals surface area contributed by atoms with Gasteiger partial charge in [-0.3, -0.25) is 0 Å². The summed E-state index contributed by atoms with van der Waals surface area (Å²) in [5.41, 5.74) is 2.09. The summed E-state index contributed by atoms with van der Waals surface area (Å²) in [6, 6.07) is 22.1. The zero-order chi connectivity index (χ0) is 19.1. The molecule has 1 aliphatic rings. The summed E-state index contributed by atoms with van der Waals surface area (Å²) in [7, 11) is 1.58. The second-order valence-corrected chi connectivity index (χ2v) is 6.62. The summed E-state index contributed by atoms with van der Waals surface area (Å²) >= 11 is 0. The van der Waals surface area contributed by atoms with Crippen LogP contribution < -0.4 is 0 Å². The zero-order valence-electron chi connectivity index (χ0n) is 15.7. The van der Waals surface area contributed by atoms with Gasteiger partial charge in [-0.05, 0) is 18.1 Å². The van der Waals surface area contributed by atoms with Crippen LogP contribution >= 0.6 is 0 Å². The Morgan fingerprint density at radius 3 is 1.89 bits per heavy atom. The van der Waals surface area contributed by atoms with E-state index in [0.29, 0.717) is 13.2 Å². The molecule has 5 heteroatoms. The number of ether oxygens (including phenoxy) is 4. The SMILES string of the molecule is CO[C@H]1O[C@H](C)[C@@H](C#N)[C@H](OCc2ccccc2)[C@H]1OCc1ccccc1. The molecule has 1 heterocycles. The maximum atomic E-state index is 9.68. The minimum absolute atomic E-state index is 0.308. The summed E-state index contributed by atoms with van der Waals surface area (Å²) in [4.78, 5) is 0. The van der Waals surface area contributed by atoms with Gasteiger partial charge in [-0.2, -0.15) is 5.26 Å². The Kier molecular flexibility index (Phi) is 6.97. The monoisotopic (exact) mass is 367 g/mol. The lowest BCUT2D eigenvalue weighted by atomic mass is 9.90. The van der Waals surface area contributed by atoms with Crippen LogP contribution in [0.15, 0.2) is 60.7 Å². The molecule has 0 amide bonds. The first kappa shape index (κ1) is 19.5. The van der Waals surface area contributed by atoms with E-state index in [9.17, 15) is 5.26 Å². The predicted molar refractivity (Wildman–Crippen MR) is 100 cm³/mol. The van der Waals surface area contributed by atoms with Crippen molar-refractivity contribution in [2.75, 3.05) is 7.11 Å². The van der Waals surface area contributed by atoms with E-state index in [1.807, 2.05) is 67.6 Å². The van der Waals surface area contributed by atoms with Crippen LogP contribution in [0, 0.1) is 17.2 Å². The van der Waals surface area contributed by atoms with E-state index in [1.165, 1.54) is 0 Å². The molecule has 0 saturated carbocycles. The number of benzene rings is 2. The molecule has 0 aliphatic carbocycles. The number of hydrogen-bond donors (Lipinski definition) is 0. The first-order chi connectivity index (χ1) is 13.2. The Morgan fingerprint density at radius 1 is 0.889 bits per heavy atom. The molecule has 1 saturated heterocycles. The van der Waals surface area contributed by atoms with Gasteiger partial charge in [0.25, 0.3) is 0 Å². The Morgan fingerprint density at radius 2 is 1.41 bits per heavy atom. The number of rotatable bonds is 7. The molecule has 5 nitrogen and oxygen atoms in total. The molecule has 0 radical (unpaired) electrons. The Balaban J connectivity index is 1.76. The van der Waals surface area contributed by atoms with Crippen molar-refractivity contribution in [2.45, 2.75) is 44.7 Å². The van der Waals surface area contributed by atoms with Crippen molar-refractivity contribution in [3.63, 3.8) is 0 Å². The van der Waals surface area contributed by atoms with E-state index in [4.69, 9.17) is 18.9 Å². The molecule has 1 aliphatic heterocycles. The molecule has 3 rings (SSSR count). The quantitative estimate of drug-likeness (QED) is 0.747. The van der Waals surface area contributed by atoms with Crippen molar-refractivity contribution in [2.24, 2.45) is 5.92 Å². The van der Waals surface area contributed by atoms with E-state index in [2.05, 4.69) is 6.07 Å². The third-order valence-electron chi connectivity index (χ3n) is 4.75. The van der Waals surface area contributed by atoms with Gasteiger partial charge in [0.15, 0.2) is 6.29 Å². The van der Waals surface area contributed by atoms with E-state index in [0.717, 1.165) is 11.1 Å². The van der Waals surface area contributed by atoms with Gasteiger partial charge in [-0.15, -0.1) is 0 Å². The topological polar surface area (TPSA) is 60.7 Å². The van der Waals surface area contributed by atoms with Gasteiger partial charge in [0, 0.05) is 7.11 Å². The highest BCUT2D eigenvalue weighted by Gasteiger charge is 2.46. The summed E-state index contributed by atoms with van der Waals surface area (Å²) in [6.45, 7) is 2.66. The van der Waals surface area contributed by atoms with Gasteiger partial charge in [-0.25, -0.2) is 0 Å². The molecule has 142 valence electrons. The number of hydrogen-bond acceptors (Lipinski definition) is 5. The molecule has 0 aromatic heterocycles. The number of nitrogens with zero attached hydrogens (tertiary/aromatic N) is 1. The Bertz CT molecular complexity index is 731. The van der Waals surface area contributed by atoms with Crippen molar-refractivity contribution in [1.29, 1.82) is 5.26 Å². The van der Waals surface area contributed by atoms with Crippen LogP contribution in [0.3, 0.4) is 0 Å². The van der Waals surface area contributed by atoms with E-state index in [-0.39, 0.29) is 6.10 Å². The van der Waals surface area contributed by atoms with Crippen molar-refractivity contribution in [1.82, 2.24) is 0 Å². The van der Waals surface area contributed by atoms with Crippen molar-refractivity contribution in [3.05, 3.63) is 71.8 Å². The minimum atomic E-state index is -0.589. The molecule has 2 aromatic rings. The van der Waals surface area contributed by atoms with Gasteiger partial charge in [0.1, 0.15) is 18.1 Å². The average Bonchev–Trinajstić information content (AvgIpc) is 2.72. The minimum Gasteiger partial charge on any atom is -0.369 e. The highest BCUT2D eigenvalue weighted by atomic mass is 16.7. The highest BCUT2D eigenvalue weighted by Crippen LogP contribution is 2.31. The van der Waals surface area contributed by atoms with Gasteiger partial charge in [-0.1, -0.05) is 60.7 Å². The fourth-order valence-electron chi connectivity index (χ4n) is 3.27. The lowest BCUT2D eigenvalue weighted by Crippen LogP contribution is -2.55. The smallest absolute Gasteiger partial charge is 0.186 e. The van der Waals surface area contributed by atoms with Crippen LogP contribution in [0.2, 0.25) is 0 Å². The molecule has 0 bridgehead atoms. The van der Waals surface area contributed by atoms with Crippen LogP contribution in [0.1, 0.15) is 18.1 Å². The second kappa shape index (κ2) is 9.63. The summed E-state index contributed by atoms with van der Waals surface area (Å²) in [6.07, 6.45) is -1.85. The van der Waals surface area contributed by atoms with Gasteiger partial charge in [0.05, 0.1) is 25.4 Å². The van der Waals surface area contributed by atoms with Crippen molar-refractivity contribution < 1.29 is 18.9 Å². The molecular formula is C22H25NO4. The fourth-order valence-corrected chi connectivity index (χ4v) is 3.27. The largest absolute Gasteiger partial charge is 0.369 e. The molecule has 0 N–H and O–H groups in total. The van der Waals surface area contributed by atoms with Crippen LogP contribution in [-0.2, 0) is 32.2 Å². The first-order valence-electron chi connectivity index (χ1n) is 9.12. The zero-order valence-corrected chi connectivity index (χ0v) is 15.7. The molecule has 27 heavy (non-hydrogen) atoms. The van der Waals surface area contributed by atoms with Gasteiger partial charge >= 0.3 is 0 Å². The van der Waals surface area contributed by atoms with Crippen LogP contribution in [0.4, 0.5) is 0 Å². The van der Waals surface area contributed by atoms with Gasteiger partial charge in [0.2, 0.25) is 0 Å². The highest BCUT2D eigenvalue weighted by molar-refractivity contribution is 5.15. The summed E-state index contributed by atoms with van der Waals surface area (Å²) < 4.78 is 23.7. The third kappa shape index (κ3) is 4.94. The van der Waals surface area contributed by atoms with Crippen molar-refractivity contribution in [3.8, 4) is 6.07 Å². The Labute approximate surface area is 160 Å². The molecule has 1 fully saturated rings. The van der Waals surface area contributed by atoms with E-state index >= 15 is 0 Å². The summed E-state index contributed by atoms with van der Waals surface area (Å²) in [5, 5.41) is 9.68. The maximum absolute atomic E-state index is 9.68.